The van der Waals surface area contributed by atoms with E-state index in [0.717, 1.165) is 22.2 Å². The van der Waals surface area contributed by atoms with Crippen molar-refractivity contribution >= 4 is 29.3 Å². The quantitative estimate of drug-likeness (QED) is 0.663. The number of nitrogens with one attached hydrogen (secondary N) is 1. The van der Waals surface area contributed by atoms with Crippen molar-refractivity contribution in [2.24, 2.45) is 0 Å². The molecule has 1 aliphatic heterocycles. The standard InChI is InChI=1S/C21H25ClN2OS/c22-19-7-9-20(10-8-19)26-14-11-21(25)23-15-17-5-1-2-6-18(17)16-24-12-3-4-13-24/h1-2,5-10H,3-4,11-16H2,(H,23,25). The van der Waals surface area contributed by atoms with Crippen LogP contribution < -0.4 is 5.32 Å². The Hall–Kier alpha value is -1.49. The van der Waals surface area contributed by atoms with Gasteiger partial charge in [-0.15, -0.1) is 11.8 Å². The number of carbonyl (C=O) groups excluding carboxylic acids is 1. The summed E-state index contributed by atoms with van der Waals surface area (Å²) in [6.07, 6.45) is 3.11. The molecule has 0 unspecified atom stereocenters. The summed E-state index contributed by atoms with van der Waals surface area (Å²) in [4.78, 5) is 15.8. The van der Waals surface area contributed by atoms with Gasteiger partial charge in [0.15, 0.2) is 0 Å². The molecule has 0 radical (unpaired) electrons. The van der Waals surface area contributed by atoms with Gasteiger partial charge in [-0.25, -0.2) is 0 Å². The number of hydrogen-bond donors (Lipinski definition) is 1. The first kappa shape index (κ1) is 19.3. The highest BCUT2D eigenvalue weighted by Crippen LogP contribution is 2.21. The molecule has 0 aliphatic carbocycles. The SMILES string of the molecule is O=C(CCSc1ccc(Cl)cc1)NCc1ccccc1CN1CCCC1. The monoisotopic (exact) mass is 388 g/mol. The van der Waals surface area contributed by atoms with Crippen LogP contribution in [0.25, 0.3) is 0 Å². The number of halogens is 1. The molecule has 138 valence electrons. The number of nitrogens with zero attached hydrogens (tertiary/aromatic N) is 1. The van der Waals surface area contributed by atoms with Crippen LogP contribution in [0.2, 0.25) is 5.02 Å². The van der Waals surface area contributed by atoms with Crippen molar-refractivity contribution in [1.82, 2.24) is 10.2 Å². The topological polar surface area (TPSA) is 32.3 Å². The minimum Gasteiger partial charge on any atom is -0.352 e. The van der Waals surface area contributed by atoms with Crippen LogP contribution in [0.5, 0.6) is 0 Å². The van der Waals surface area contributed by atoms with E-state index in [1.807, 2.05) is 30.3 Å². The Morgan fingerprint density at radius 2 is 1.73 bits per heavy atom. The van der Waals surface area contributed by atoms with E-state index in [1.165, 1.54) is 37.1 Å². The molecule has 3 nitrogen and oxygen atoms in total. The van der Waals surface area contributed by atoms with Crippen LogP contribution in [-0.2, 0) is 17.9 Å². The summed E-state index contributed by atoms with van der Waals surface area (Å²) in [6.45, 7) is 3.96. The van der Waals surface area contributed by atoms with Crippen LogP contribution in [0.1, 0.15) is 30.4 Å². The van der Waals surface area contributed by atoms with Crippen molar-refractivity contribution in [3.8, 4) is 0 Å². The van der Waals surface area contributed by atoms with Crippen molar-refractivity contribution in [3.63, 3.8) is 0 Å². The van der Waals surface area contributed by atoms with Crippen LogP contribution in [0, 0.1) is 0 Å². The van der Waals surface area contributed by atoms with Gasteiger partial charge in [0.05, 0.1) is 0 Å². The first-order valence-electron chi connectivity index (χ1n) is 9.15. The van der Waals surface area contributed by atoms with Crippen molar-refractivity contribution in [3.05, 3.63) is 64.7 Å². The Labute approximate surface area is 165 Å². The van der Waals surface area contributed by atoms with E-state index in [2.05, 4.69) is 28.4 Å². The first-order chi connectivity index (χ1) is 12.7. The van der Waals surface area contributed by atoms with Crippen molar-refractivity contribution in [2.45, 2.75) is 37.2 Å². The van der Waals surface area contributed by atoms with Gasteiger partial charge < -0.3 is 5.32 Å². The zero-order valence-corrected chi connectivity index (χ0v) is 16.5. The van der Waals surface area contributed by atoms with Gasteiger partial charge in [-0.3, -0.25) is 9.69 Å². The van der Waals surface area contributed by atoms with Gasteiger partial charge in [0, 0.05) is 35.2 Å². The maximum atomic E-state index is 12.2. The summed E-state index contributed by atoms with van der Waals surface area (Å²) in [6, 6.07) is 16.1. The van der Waals surface area contributed by atoms with E-state index in [9.17, 15) is 4.79 Å². The summed E-state index contributed by atoms with van der Waals surface area (Å²) in [5.74, 6) is 0.866. The van der Waals surface area contributed by atoms with Gasteiger partial charge in [0.25, 0.3) is 0 Å². The molecule has 0 bridgehead atoms. The molecule has 3 rings (SSSR count). The third-order valence-electron chi connectivity index (χ3n) is 4.60. The van der Waals surface area contributed by atoms with Crippen LogP contribution in [0.3, 0.4) is 0 Å². The lowest BCUT2D eigenvalue weighted by molar-refractivity contribution is -0.120. The second-order valence-corrected chi connectivity index (χ2v) is 8.19. The molecular weight excluding hydrogens is 364 g/mol. The maximum Gasteiger partial charge on any atom is 0.221 e. The van der Waals surface area contributed by atoms with Gasteiger partial charge in [0.2, 0.25) is 5.91 Å². The summed E-state index contributed by atoms with van der Waals surface area (Å²) < 4.78 is 0. The van der Waals surface area contributed by atoms with Crippen LogP contribution in [-0.4, -0.2) is 29.6 Å². The highest BCUT2D eigenvalue weighted by atomic mass is 35.5. The number of benzene rings is 2. The van der Waals surface area contributed by atoms with Crippen molar-refractivity contribution < 1.29 is 4.79 Å². The molecule has 1 amide bonds. The minimum absolute atomic E-state index is 0.0995. The third-order valence-corrected chi connectivity index (χ3v) is 5.86. The number of hydrogen-bond acceptors (Lipinski definition) is 3. The van der Waals surface area contributed by atoms with E-state index < -0.39 is 0 Å². The molecule has 1 aliphatic rings. The molecule has 0 atom stereocenters. The summed E-state index contributed by atoms with van der Waals surface area (Å²) in [5.41, 5.74) is 2.54. The van der Waals surface area contributed by atoms with Crippen molar-refractivity contribution in [1.29, 1.82) is 0 Å². The van der Waals surface area contributed by atoms with Gasteiger partial charge in [-0.05, 0) is 61.3 Å². The molecule has 26 heavy (non-hydrogen) atoms. The normalized spacial score (nSPS) is 14.5. The molecule has 1 fully saturated rings. The summed E-state index contributed by atoms with van der Waals surface area (Å²) in [7, 11) is 0. The van der Waals surface area contributed by atoms with Crippen LogP contribution in [0.15, 0.2) is 53.4 Å². The van der Waals surface area contributed by atoms with Gasteiger partial charge in [0.1, 0.15) is 0 Å². The molecule has 0 aromatic heterocycles. The van der Waals surface area contributed by atoms with E-state index in [4.69, 9.17) is 11.6 Å². The zero-order valence-electron chi connectivity index (χ0n) is 14.9. The smallest absolute Gasteiger partial charge is 0.221 e. The average molecular weight is 389 g/mol. The van der Waals surface area contributed by atoms with Gasteiger partial charge in [-0.1, -0.05) is 35.9 Å². The lowest BCUT2D eigenvalue weighted by Gasteiger charge is -2.17. The van der Waals surface area contributed by atoms with Crippen molar-refractivity contribution in [2.75, 3.05) is 18.8 Å². The fourth-order valence-electron chi connectivity index (χ4n) is 3.14. The zero-order chi connectivity index (χ0) is 18.2. The van der Waals surface area contributed by atoms with Crippen LogP contribution >= 0.6 is 23.4 Å². The maximum absolute atomic E-state index is 12.2. The molecule has 2 aromatic rings. The summed E-state index contributed by atoms with van der Waals surface area (Å²) >= 11 is 7.56. The molecule has 0 spiro atoms. The first-order valence-corrected chi connectivity index (χ1v) is 10.5. The average Bonchev–Trinajstić information content (AvgIpc) is 3.16. The second kappa shape index (κ2) is 10.0. The Morgan fingerprint density at radius 3 is 2.46 bits per heavy atom. The largest absolute Gasteiger partial charge is 0.352 e. The fraction of sp³-hybridized carbons (Fsp3) is 0.381. The number of likely N-dealkylation sites (tertiary alicyclic amines) is 1. The molecule has 1 saturated heterocycles. The fourth-order valence-corrected chi connectivity index (χ4v) is 4.12. The van der Waals surface area contributed by atoms with E-state index in [0.29, 0.717) is 13.0 Å². The minimum atomic E-state index is 0.0995. The van der Waals surface area contributed by atoms with E-state index in [-0.39, 0.29) is 5.91 Å². The Morgan fingerprint density at radius 1 is 1.04 bits per heavy atom. The lowest BCUT2D eigenvalue weighted by atomic mass is 10.1. The van der Waals surface area contributed by atoms with E-state index >= 15 is 0 Å². The number of thioether (sulfide) groups is 1. The third kappa shape index (κ3) is 6.04. The lowest BCUT2D eigenvalue weighted by Crippen LogP contribution is -2.25. The molecule has 5 heteroatoms. The second-order valence-electron chi connectivity index (χ2n) is 6.58. The molecule has 0 saturated carbocycles. The van der Waals surface area contributed by atoms with Gasteiger partial charge >= 0.3 is 0 Å². The molecule has 1 N–H and O–H groups in total. The highest BCUT2D eigenvalue weighted by Gasteiger charge is 2.13. The van der Waals surface area contributed by atoms with E-state index in [1.54, 1.807) is 11.8 Å². The highest BCUT2D eigenvalue weighted by molar-refractivity contribution is 7.99. The molecule has 1 heterocycles. The molecular formula is C21H25ClN2OS. The number of amides is 1. The Kier molecular flexibility index (Phi) is 7.42. The number of rotatable bonds is 8. The predicted octanol–water partition coefficient (Wildman–Crippen LogP) is 4.73. The Balaban J connectivity index is 1.43. The summed E-state index contributed by atoms with van der Waals surface area (Å²) in [5, 5.41) is 3.80. The predicted molar refractivity (Wildman–Crippen MR) is 110 cm³/mol. The Bertz CT molecular complexity index is 714. The molecule has 2 aromatic carbocycles. The van der Waals surface area contributed by atoms with Crippen LogP contribution in [0.4, 0.5) is 0 Å². The van der Waals surface area contributed by atoms with Gasteiger partial charge in [-0.2, -0.15) is 0 Å². The number of carbonyl (C=O) groups is 1.